The number of hydrogen-bond acceptors (Lipinski definition) is 4. The summed E-state index contributed by atoms with van der Waals surface area (Å²) in [6.45, 7) is 14.1. The van der Waals surface area contributed by atoms with Crippen LogP contribution in [0.3, 0.4) is 0 Å². The lowest BCUT2D eigenvalue weighted by atomic mass is 9.65. The third-order valence-corrected chi connectivity index (χ3v) is 18.6. The van der Waals surface area contributed by atoms with Crippen LogP contribution in [0.5, 0.6) is 0 Å². The zero-order valence-corrected chi connectivity index (χ0v) is 46.4. The number of hydrogen-bond donors (Lipinski definition) is 0. The Kier molecular flexibility index (Phi) is 15.0. The van der Waals surface area contributed by atoms with Gasteiger partial charge in [0.1, 0.15) is 0 Å². The topological polar surface area (TPSA) is 25.8 Å². The molecule has 10 aromatic rings. The molecule has 3 heterocycles. The van der Waals surface area contributed by atoms with Gasteiger partial charge in [0, 0.05) is 47.2 Å². The molecule has 0 saturated heterocycles. The maximum atomic E-state index is 5.81. The third kappa shape index (κ3) is 10.1. The van der Waals surface area contributed by atoms with E-state index >= 15 is 0 Å². The summed E-state index contributed by atoms with van der Waals surface area (Å²) in [5, 5.41) is 0. The predicted molar refractivity (Wildman–Crippen MR) is 325 cm³/mol. The first-order chi connectivity index (χ1) is 36.8. The van der Waals surface area contributed by atoms with Crippen LogP contribution in [0.2, 0.25) is 0 Å². The Labute approximate surface area is 454 Å². The number of nitrogens with zero attached hydrogens (tertiary/aromatic N) is 2. The predicted octanol–water partition coefficient (Wildman–Crippen LogP) is 21.5. The summed E-state index contributed by atoms with van der Waals surface area (Å²) in [6.07, 6.45) is 12.6. The Balaban J connectivity index is 1.06. The van der Waals surface area contributed by atoms with E-state index in [0.717, 1.165) is 44.7 Å². The quantitative estimate of drug-likeness (QED) is 0.0807. The van der Waals surface area contributed by atoms with Crippen LogP contribution >= 0.6 is 22.7 Å². The van der Waals surface area contributed by atoms with Gasteiger partial charge in [0.25, 0.3) is 0 Å². The maximum absolute atomic E-state index is 5.81. The van der Waals surface area contributed by atoms with Gasteiger partial charge in [-0.3, -0.25) is 0 Å². The van der Waals surface area contributed by atoms with Crippen LogP contribution < -0.4 is 0 Å². The summed E-state index contributed by atoms with van der Waals surface area (Å²) >= 11 is 3.70. The van der Waals surface area contributed by atoms with Crippen LogP contribution in [0.1, 0.15) is 113 Å². The van der Waals surface area contributed by atoms with Crippen LogP contribution in [0, 0.1) is 25.7 Å². The number of aromatic nitrogens is 2. The molecule has 0 radical (unpaired) electrons. The van der Waals surface area contributed by atoms with Gasteiger partial charge < -0.3 is 0 Å². The van der Waals surface area contributed by atoms with E-state index in [2.05, 4.69) is 224 Å². The second kappa shape index (κ2) is 22.2. The van der Waals surface area contributed by atoms with E-state index in [1.54, 1.807) is 11.1 Å². The average molecular weight is 1020 g/mol. The minimum Gasteiger partial charge on any atom is -0.243 e. The van der Waals surface area contributed by atoms with Gasteiger partial charge in [-0.1, -0.05) is 236 Å². The lowest BCUT2D eigenvalue weighted by Crippen LogP contribution is -2.31. The van der Waals surface area contributed by atoms with Crippen molar-refractivity contribution in [1.82, 2.24) is 9.97 Å². The van der Waals surface area contributed by atoms with Gasteiger partial charge in [0.2, 0.25) is 0 Å². The van der Waals surface area contributed by atoms with Crippen molar-refractivity contribution >= 4 is 33.7 Å². The lowest BCUT2D eigenvalue weighted by molar-refractivity contribution is 0.266. The number of benzene rings is 7. The second-order valence-corrected chi connectivity index (χ2v) is 23.7. The number of unbranched alkanes of at least 4 members (excludes halogenated alkanes) is 2. The van der Waals surface area contributed by atoms with Crippen molar-refractivity contribution in [2.24, 2.45) is 11.8 Å². The fourth-order valence-corrected chi connectivity index (χ4v) is 14.1. The lowest BCUT2D eigenvalue weighted by Gasteiger charge is -2.39. The Bertz CT molecular complexity index is 3550. The minimum absolute atomic E-state index is 0.0212. The summed E-state index contributed by atoms with van der Waals surface area (Å²) in [5.41, 5.74) is 21.3. The zero-order valence-electron chi connectivity index (χ0n) is 44.8. The van der Waals surface area contributed by atoms with E-state index in [1.807, 2.05) is 22.7 Å². The summed E-state index contributed by atoms with van der Waals surface area (Å²) in [7, 11) is 0. The summed E-state index contributed by atoms with van der Waals surface area (Å²) in [5.74, 6) is 1.36. The highest BCUT2D eigenvalue weighted by molar-refractivity contribution is 7.19. The van der Waals surface area contributed by atoms with E-state index in [-0.39, 0.29) is 5.41 Å². The highest BCUT2D eigenvalue weighted by Crippen LogP contribution is 2.57. The average Bonchev–Trinajstić information content (AvgIpc) is 4.20. The molecule has 7 aromatic carbocycles. The van der Waals surface area contributed by atoms with Crippen molar-refractivity contribution in [2.45, 2.75) is 111 Å². The Hall–Kier alpha value is -6.72. The first-order valence-corrected chi connectivity index (χ1v) is 29.5. The summed E-state index contributed by atoms with van der Waals surface area (Å²) in [6, 6.07) is 67.6. The van der Waals surface area contributed by atoms with Gasteiger partial charge >= 0.3 is 0 Å². The molecule has 0 bridgehead atoms. The van der Waals surface area contributed by atoms with Crippen LogP contribution in [-0.4, -0.2) is 9.97 Å². The number of thiophene rings is 2. The van der Waals surface area contributed by atoms with E-state index < -0.39 is 0 Å². The van der Waals surface area contributed by atoms with E-state index in [9.17, 15) is 0 Å². The molecule has 3 aromatic heterocycles. The molecule has 0 spiro atoms. The van der Waals surface area contributed by atoms with Crippen LogP contribution in [0.25, 0.3) is 98.3 Å². The monoisotopic (exact) mass is 1010 g/mol. The van der Waals surface area contributed by atoms with E-state index in [1.165, 1.54) is 128 Å². The normalized spacial score (nSPS) is 14.7. The standard InChI is InChI=1S/C71H70N2S2/c1-7-11-19-49(9-3)45-71(46-50(10-4)20-12-8-2)62-43-47(5)25-36-58(62)59-37-35-57(44-63(59)71)64-41-42-66(75-64)61-39-38-60(65-40-26-48(6)74-65)69-70(61)73-68(56-33-29-54(30-34-56)52-23-17-14-18-24-52)67(72-69)55-31-27-53(28-32-55)51-21-15-13-16-22-51/h13-18,21-44,49-50H,7-12,19-20,45-46H2,1-6H3. The second-order valence-electron chi connectivity index (χ2n) is 21.4. The van der Waals surface area contributed by atoms with Gasteiger partial charge in [-0.25, -0.2) is 9.97 Å². The molecule has 1 aliphatic rings. The fourth-order valence-electron chi connectivity index (χ4n) is 12.2. The molecule has 2 unspecified atom stereocenters. The third-order valence-electron chi connectivity index (χ3n) is 16.4. The molecule has 0 N–H and O–H groups in total. The van der Waals surface area contributed by atoms with Gasteiger partial charge in [0.15, 0.2) is 0 Å². The highest BCUT2D eigenvalue weighted by Gasteiger charge is 2.45. The van der Waals surface area contributed by atoms with Crippen molar-refractivity contribution in [3.63, 3.8) is 0 Å². The van der Waals surface area contributed by atoms with Gasteiger partial charge in [-0.15, -0.1) is 22.7 Å². The Morgan fingerprint density at radius 2 is 0.827 bits per heavy atom. The zero-order chi connectivity index (χ0) is 51.5. The maximum Gasteiger partial charge on any atom is 0.0988 e. The fraction of sp³-hybridized carbons (Fsp3) is 0.268. The Morgan fingerprint density at radius 1 is 0.400 bits per heavy atom. The minimum atomic E-state index is -0.0212. The number of rotatable bonds is 19. The van der Waals surface area contributed by atoms with Gasteiger partial charge in [-0.2, -0.15) is 0 Å². The largest absolute Gasteiger partial charge is 0.243 e. The molecule has 0 fully saturated rings. The molecule has 0 aliphatic heterocycles. The first kappa shape index (κ1) is 50.4. The SMILES string of the molecule is CCCCC(CC)CC1(CC(CC)CCCC)c2cc(C)ccc2-c2ccc(-c3ccc(-c4ccc(-c5ccc(C)s5)c5nc(-c6ccc(-c7ccccc7)cc6)c(-c6ccc(-c7ccccc7)cc6)nc45)s3)cc21. The molecule has 75 heavy (non-hydrogen) atoms. The molecule has 0 saturated carbocycles. The molecule has 4 heteroatoms. The smallest absolute Gasteiger partial charge is 0.0988 e. The molecule has 1 aliphatic carbocycles. The van der Waals surface area contributed by atoms with E-state index in [0.29, 0.717) is 11.8 Å². The molecule has 0 amide bonds. The van der Waals surface area contributed by atoms with Crippen molar-refractivity contribution in [1.29, 1.82) is 0 Å². The van der Waals surface area contributed by atoms with Gasteiger partial charge in [0.05, 0.1) is 22.4 Å². The van der Waals surface area contributed by atoms with Crippen molar-refractivity contribution < 1.29 is 0 Å². The summed E-state index contributed by atoms with van der Waals surface area (Å²) < 4.78 is 0. The van der Waals surface area contributed by atoms with Crippen LogP contribution in [-0.2, 0) is 5.41 Å². The molecular formula is C71H70N2S2. The number of aryl methyl sites for hydroxylation is 2. The molecular weight excluding hydrogens is 945 g/mol. The van der Waals surface area contributed by atoms with Crippen LogP contribution in [0.4, 0.5) is 0 Å². The highest BCUT2D eigenvalue weighted by atomic mass is 32.1. The Morgan fingerprint density at radius 3 is 1.32 bits per heavy atom. The molecule has 376 valence electrons. The molecule has 2 atom stereocenters. The summed E-state index contributed by atoms with van der Waals surface area (Å²) in [4.78, 5) is 16.6. The van der Waals surface area contributed by atoms with Crippen LogP contribution in [0.15, 0.2) is 182 Å². The number of fused-ring (bicyclic) bond motifs is 4. The van der Waals surface area contributed by atoms with Crippen molar-refractivity contribution in [2.75, 3.05) is 0 Å². The van der Waals surface area contributed by atoms with E-state index in [4.69, 9.17) is 9.97 Å². The van der Waals surface area contributed by atoms with Crippen molar-refractivity contribution in [3.8, 4) is 87.2 Å². The molecule has 2 nitrogen and oxygen atoms in total. The first-order valence-electron chi connectivity index (χ1n) is 27.9. The van der Waals surface area contributed by atoms with Gasteiger partial charge in [-0.05, 0) is 119 Å². The molecule has 11 rings (SSSR count). The van der Waals surface area contributed by atoms with Crippen molar-refractivity contribution in [3.05, 3.63) is 204 Å².